The molecule has 3 aliphatic carbocycles. The summed E-state index contributed by atoms with van der Waals surface area (Å²) in [6, 6.07) is 1.80. The van der Waals surface area contributed by atoms with Gasteiger partial charge in [0.2, 0.25) is 5.78 Å². The van der Waals surface area contributed by atoms with Gasteiger partial charge in [0.15, 0.2) is 11.4 Å². The quantitative estimate of drug-likeness (QED) is 0.300. The van der Waals surface area contributed by atoms with Gasteiger partial charge in [0.25, 0.3) is 5.91 Å². The number of allylic oxidation sites excluding steroid dienone is 1. The minimum atomic E-state index is -2.81. The predicted molar refractivity (Wildman–Crippen MR) is 124 cm³/mol. The molecular weight excluding hydrogens is 458 g/mol. The zero-order chi connectivity index (χ0) is 26.1. The van der Waals surface area contributed by atoms with Gasteiger partial charge < -0.3 is 36.2 Å². The molecule has 0 aromatic heterocycles. The number of phenols is 1. The van der Waals surface area contributed by atoms with Crippen LogP contribution in [-0.4, -0.2) is 94.3 Å². The van der Waals surface area contributed by atoms with E-state index in [0.29, 0.717) is 11.3 Å². The van der Waals surface area contributed by atoms with Crippen LogP contribution in [-0.2, 0) is 16.0 Å². The minimum absolute atomic E-state index is 0.0753. The van der Waals surface area contributed by atoms with Crippen molar-refractivity contribution in [3.8, 4) is 5.75 Å². The van der Waals surface area contributed by atoms with E-state index < -0.39 is 70.6 Å². The molecule has 3 aliphatic rings. The molecule has 0 bridgehead atoms. The molecule has 5 atom stereocenters. The van der Waals surface area contributed by atoms with Crippen LogP contribution in [0.4, 0.5) is 5.69 Å². The van der Waals surface area contributed by atoms with Gasteiger partial charge in [-0.05, 0) is 44.1 Å². The number of fused-ring (bicyclic) bond motifs is 3. The van der Waals surface area contributed by atoms with E-state index in [4.69, 9.17) is 5.73 Å². The Hall–Kier alpha value is -3.41. The molecule has 0 saturated heterocycles. The molecule has 1 aromatic rings. The Labute approximate surface area is 201 Å². The molecule has 11 nitrogen and oxygen atoms in total. The normalized spacial score (nSPS) is 30.3. The van der Waals surface area contributed by atoms with Crippen molar-refractivity contribution in [1.82, 2.24) is 4.90 Å². The summed E-state index contributed by atoms with van der Waals surface area (Å²) in [7, 11) is 6.59. The zero-order valence-electron chi connectivity index (χ0n) is 19.8. The number of aliphatic hydroxyl groups is 4. The van der Waals surface area contributed by atoms with Gasteiger partial charge >= 0.3 is 0 Å². The van der Waals surface area contributed by atoms with E-state index in [9.17, 15) is 39.9 Å². The van der Waals surface area contributed by atoms with Crippen molar-refractivity contribution in [3.05, 3.63) is 45.9 Å². The third kappa shape index (κ3) is 3.12. The molecule has 4 rings (SSSR count). The van der Waals surface area contributed by atoms with Crippen LogP contribution in [0.1, 0.15) is 15.9 Å². The second-order valence-electron chi connectivity index (χ2n) is 9.75. The van der Waals surface area contributed by atoms with Crippen LogP contribution >= 0.6 is 0 Å². The SMILES string of the molecule is CN(C)c1ccc(O)c2c1C[C@@H]1C(=C(O)[C@]3(O)C(=O)C(C(N)=O)=C(O)[C@@H](N(C)C)[C@@H]3[C@@H]1CO)C2=O. The number of phenolic OH excluding ortho intramolecular Hbond substituents is 1. The largest absolute Gasteiger partial charge is 0.510 e. The first kappa shape index (κ1) is 24.7. The van der Waals surface area contributed by atoms with Crippen LogP contribution in [0.15, 0.2) is 34.8 Å². The number of carbonyl (C=O) groups is 3. The van der Waals surface area contributed by atoms with Crippen LogP contribution in [0, 0.1) is 17.8 Å². The Kier molecular flexibility index (Phi) is 5.70. The summed E-state index contributed by atoms with van der Waals surface area (Å²) >= 11 is 0. The van der Waals surface area contributed by atoms with Crippen molar-refractivity contribution in [2.24, 2.45) is 23.5 Å². The maximum absolute atomic E-state index is 13.7. The van der Waals surface area contributed by atoms with E-state index in [-0.39, 0.29) is 23.3 Å². The third-order valence-electron chi connectivity index (χ3n) is 7.55. The lowest BCUT2D eigenvalue weighted by atomic mass is 9.54. The number of primary amides is 1. The van der Waals surface area contributed by atoms with Crippen LogP contribution in [0.3, 0.4) is 0 Å². The number of hydrogen-bond acceptors (Lipinski definition) is 10. The molecule has 0 spiro atoms. The summed E-state index contributed by atoms with van der Waals surface area (Å²) in [6.45, 7) is -0.607. The Balaban J connectivity index is 2.06. The van der Waals surface area contributed by atoms with Crippen LogP contribution in [0.2, 0.25) is 0 Å². The topological polar surface area (TPSA) is 185 Å². The molecule has 7 N–H and O–H groups in total. The average Bonchev–Trinajstić information content (AvgIpc) is 2.75. The van der Waals surface area contributed by atoms with E-state index >= 15 is 0 Å². The lowest BCUT2D eigenvalue weighted by Gasteiger charge is -2.53. The first-order valence-electron chi connectivity index (χ1n) is 11.1. The molecule has 0 unspecified atom stereocenters. The lowest BCUT2D eigenvalue weighted by molar-refractivity contribution is -0.156. The van der Waals surface area contributed by atoms with Gasteiger partial charge in [-0.15, -0.1) is 0 Å². The summed E-state index contributed by atoms with van der Waals surface area (Å²) in [5, 5.41) is 54.9. The van der Waals surface area contributed by atoms with Crippen LogP contribution in [0.5, 0.6) is 5.75 Å². The minimum Gasteiger partial charge on any atom is -0.510 e. The van der Waals surface area contributed by atoms with Gasteiger partial charge in [-0.3, -0.25) is 19.3 Å². The maximum Gasteiger partial charge on any atom is 0.255 e. The average molecular weight is 488 g/mol. The summed E-state index contributed by atoms with van der Waals surface area (Å²) in [6.07, 6.45) is 0.0989. The van der Waals surface area contributed by atoms with Crippen LogP contribution < -0.4 is 10.6 Å². The summed E-state index contributed by atoms with van der Waals surface area (Å²) in [5.41, 5.74) is 2.37. The smallest absolute Gasteiger partial charge is 0.255 e. The molecule has 0 radical (unpaired) electrons. The molecule has 0 heterocycles. The molecule has 35 heavy (non-hydrogen) atoms. The molecule has 188 valence electrons. The Morgan fingerprint density at radius 1 is 1.14 bits per heavy atom. The van der Waals surface area contributed by atoms with E-state index in [1.165, 1.54) is 25.1 Å². The maximum atomic E-state index is 13.7. The summed E-state index contributed by atoms with van der Waals surface area (Å²) in [4.78, 5) is 42.3. The standard InChI is InChI=1S/C24H29N3O8/c1-26(2)12-5-6-13(29)14-10(12)7-9-11(8-28)17-18(27(3)4)20(31)16(23(25)34)22(33)24(17,35)21(32)15(9)19(14)30/h5-6,9,11,17-18,28-29,31-32,35H,7-8H2,1-4H3,(H2,25,34)/t9-,11+,17-,18-,24-/m0/s1. The Bertz CT molecular complexity index is 1220. The number of anilines is 1. The first-order chi connectivity index (χ1) is 16.3. The fourth-order valence-electron chi connectivity index (χ4n) is 6.09. The van der Waals surface area contributed by atoms with E-state index in [0.717, 1.165) is 0 Å². The fraction of sp³-hybridized carbons (Fsp3) is 0.458. The van der Waals surface area contributed by atoms with Crippen molar-refractivity contribution in [1.29, 1.82) is 0 Å². The van der Waals surface area contributed by atoms with Crippen molar-refractivity contribution in [3.63, 3.8) is 0 Å². The molecule has 0 fully saturated rings. The second-order valence-corrected chi connectivity index (χ2v) is 9.75. The van der Waals surface area contributed by atoms with Crippen molar-refractivity contribution in [2.75, 3.05) is 39.7 Å². The first-order valence-corrected chi connectivity index (χ1v) is 11.1. The highest BCUT2D eigenvalue weighted by Gasteiger charge is 2.66. The summed E-state index contributed by atoms with van der Waals surface area (Å²) < 4.78 is 0. The molecular formula is C24H29N3O8. The van der Waals surface area contributed by atoms with Gasteiger partial charge in [0.1, 0.15) is 22.8 Å². The molecule has 0 saturated carbocycles. The Morgan fingerprint density at radius 3 is 2.29 bits per heavy atom. The number of Topliss-reactive ketones (excluding diaryl/α,β-unsaturated/α-hetero) is 2. The predicted octanol–water partition coefficient (Wildman–Crippen LogP) is -0.595. The highest BCUT2D eigenvalue weighted by Crippen LogP contribution is 2.55. The number of rotatable bonds is 4. The van der Waals surface area contributed by atoms with Gasteiger partial charge in [-0.25, -0.2) is 0 Å². The number of aromatic hydroxyl groups is 1. The van der Waals surface area contributed by atoms with E-state index in [1.807, 2.05) is 0 Å². The highest BCUT2D eigenvalue weighted by molar-refractivity contribution is 6.25. The van der Waals surface area contributed by atoms with Crippen molar-refractivity contribution >= 4 is 23.2 Å². The fourth-order valence-corrected chi connectivity index (χ4v) is 6.09. The van der Waals surface area contributed by atoms with E-state index in [1.54, 1.807) is 25.1 Å². The number of carbonyl (C=O) groups excluding carboxylic acids is 3. The van der Waals surface area contributed by atoms with Crippen molar-refractivity contribution < 1.29 is 39.9 Å². The number of ketones is 2. The molecule has 1 aromatic carbocycles. The highest BCUT2D eigenvalue weighted by atomic mass is 16.3. The number of nitrogens with two attached hydrogens (primary N) is 1. The summed E-state index contributed by atoms with van der Waals surface area (Å²) in [5.74, 6) is -8.60. The number of amides is 1. The molecule has 1 amide bonds. The molecule has 11 heteroatoms. The van der Waals surface area contributed by atoms with Crippen LogP contribution in [0.25, 0.3) is 0 Å². The van der Waals surface area contributed by atoms with Gasteiger partial charge in [0, 0.05) is 43.8 Å². The van der Waals surface area contributed by atoms with Crippen molar-refractivity contribution in [2.45, 2.75) is 18.1 Å². The zero-order valence-corrected chi connectivity index (χ0v) is 19.8. The Morgan fingerprint density at radius 2 is 1.77 bits per heavy atom. The number of nitrogens with zero attached hydrogens (tertiary/aromatic N) is 2. The van der Waals surface area contributed by atoms with Gasteiger partial charge in [-0.1, -0.05) is 0 Å². The molecule has 0 aliphatic heterocycles. The second kappa shape index (κ2) is 8.08. The van der Waals surface area contributed by atoms with E-state index in [2.05, 4.69) is 0 Å². The number of benzene rings is 1. The van der Waals surface area contributed by atoms with Gasteiger partial charge in [-0.2, -0.15) is 0 Å². The third-order valence-corrected chi connectivity index (χ3v) is 7.55. The number of likely N-dealkylation sites (N-methyl/N-ethyl adjacent to an activating group) is 1. The monoisotopic (exact) mass is 487 g/mol. The number of hydrogen-bond donors (Lipinski definition) is 6. The lowest BCUT2D eigenvalue weighted by Crippen LogP contribution is -2.67. The van der Waals surface area contributed by atoms with Gasteiger partial charge in [0.05, 0.1) is 11.6 Å². The number of aliphatic hydroxyl groups excluding tert-OH is 3.